The number of carbonyl (C=O) groups is 1. The minimum absolute atomic E-state index is 0. The van der Waals surface area contributed by atoms with Gasteiger partial charge in [-0.2, -0.15) is 0 Å². The SMILES string of the molecule is [CH2-][C@@H]1CC(c2ccc(C3=CCN(C(=O)OC(C)(C)C)CC3)cc2)=NO1.[Y]. The third-order valence-electron chi connectivity index (χ3n) is 4.18. The van der Waals surface area contributed by atoms with E-state index in [9.17, 15) is 4.79 Å². The molecule has 1 atom stereocenters. The number of ether oxygens (including phenoxy) is 1. The molecule has 137 valence electrons. The van der Waals surface area contributed by atoms with E-state index in [-0.39, 0.29) is 44.9 Å². The van der Waals surface area contributed by atoms with Crippen molar-refractivity contribution >= 4 is 17.4 Å². The Labute approximate surface area is 180 Å². The van der Waals surface area contributed by atoms with E-state index in [1.54, 1.807) is 4.90 Å². The molecule has 2 aliphatic rings. The van der Waals surface area contributed by atoms with Crippen LogP contribution < -0.4 is 0 Å². The van der Waals surface area contributed by atoms with Crippen LogP contribution in [0.15, 0.2) is 35.5 Å². The Hall–Kier alpha value is -1.20. The molecule has 0 spiro atoms. The molecule has 0 bridgehead atoms. The fourth-order valence-corrected chi connectivity index (χ4v) is 2.90. The van der Waals surface area contributed by atoms with Crippen LogP contribution in [0, 0.1) is 6.92 Å². The monoisotopic (exact) mass is 430 g/mol. The second-order valence-corrected chi connectivity index (χ2v) is 7.45. The molecule has 0 N–H and O–H groups in total. The van der Waals surface area contributed by atoms with Gasteiger partial charge < -0.3 is 21.4 Å². The zero-order valence-electron chi connectivity index (χ0n) is 15.7. The van der Waals surface area contributed by atoms with E-state index in [0.717, 1.165) is 24.1 Å². The van der Waals surface area contributed by atoms with Crippen molar-refractivity contribution in [2.75, 3.05) is 13.1 Å². The largest absolute Gasteiger partial charge is 0.444 e. The predicted molar refractivity (Wildman–Crippen MR) is 98.2 cm³/mol. The van der Waals surface area contributed by atoms with E-state index < -0.39 is 5.60 Å². The van der Waals surface area contributed by atoms with Gasteiger partial charge in [-0.05, 0) is 43.9 Å². The van der Waals surface area contributed by atoms with Gasteiger partial charge in [0.05, 0.1) is 5.71 Å². The Morgan fingerprint density at radius 3 is 2.42 bits per heavy atom. The molecular formula is C20H25N2O3Y-. The Balaban J connectivity index is 0.00000243. The van der Waals surface area contributed by atoms with E-state index in [1.165, 1.54) is 11.1 Å². The van der Waals surface area contributed by atoms with Crippen molar-refractivity contribution in [2.45, 2.75) is 45.3 Å². The first-order chi connectivity index (χ1) is 11.8. The van der Waals surface area contributed by atoms with Crippen molar-refractivity contribution in [1.29, 1.82) is 0 Å². The summed E-state index contributed by atoms with van der Waals surface area (Å²) >= 11 is 0. The van der Waals surface area contributed by atoms with Crippen LogP contribution in [-0.2, 0) is 42.3 Å². The molecular weight excluding hydrogens is 405 g/mol. The summed E-state index contributed by atoms with van der Waals surface area (Å²) in [5.41, 5.74) is 3.99. The number of rotatable bonds is 2. The van der Waals surface area contributed by atoms with Crippen molar-refractivity contribution in [3.63, 3.8) is 0 Å². The van der Waals surface area contributed by atoms with Gasteiger partial charge in [0.15, 0.2) is 0 Å². The van der Waals surface area contributed by atoms with E-state index in [4.69, 9.17) is 9.57 Å². The van der Waals surface area contributed by atoms with Gasteiger partial charge in [-0.25, -0.2) is 4.79 Å². The number of nitrogens with zero attached hydrogens (tertiary/aromatic N) is 2. The van der Waals surface area contributed by atoms with Crippen molar-refractivity contribution in [3.05, 3.63) is 48.4 Å². The van der Waals surface area contributed by atoms with Crippen molar-refractivity contribution in [2.24, 2.45) is 5.16 Å². The van der Waals surface area contributed by atoms with Gasteiger partial charge >= 0.3 is 6.09 Å². The zero-order valence-corrected chi connectivity index (χ0v) is 18.5. The van der Waals surface area contributed by atoms with E-state index in [1.807, 2.05) is 20.8 Å². The minimum atomic E-state index is -0.462. The first kappa shape index (κ1) is 21.1. The third-order valence-corrected chi connectivity index (χ3v) is 4.18. The number of benzene rings is 1. The Bertz CT molecular complexity index is 705. The maximum Gasteiger partial charge on any atom is 0.410 e. The molecule has 1 aromatic rings. The van der Waals surface area contributed by atoms with Crippen LogP contribution in [0.25, 0.3) is 5.57 Å². The fraction of sp³-hybridized carbons (Fsp3) is 0.450. The molecule has 0 unspecified atom stereocenters. The van der Waals surface area contributed by atoms with Gasteiger partial charge in [0.1, 0.15) is 5.60 Å². The molecule has 0 saturated carbocycles. The second-order valence-electron chi connectivity index (χ2n) is 7.45. The molecule has 0 fully saturated rings. The summed E-state index contributed by atoms with van der Waals surface area (Å²) in [6.07, 6.45) is 3.33. The number of amides is 1. The van der Waals surface area contributed by atoms with Crippen LogP contribution in [-0.4, -0.2) is 41.5 Å². The molecule has 2 aliphatic heterocycles. The summed E-state index contributed by atoms with van der Waals surface area (Å²) in [5, 5.41) is 4.07. The summed E-state index contributed by atoms with van der Waals surface area (Å²) in [7, 11) is 0. The van der Waals surface area contributed by atoms with Crippen LogP contribution in [0.2, 0.25) is 0 Å². The normalized spacial score (nSPS) is 19.8. The summed E-state index contributed by atoms with van der Waals surface area (Å²) in [6.45, 7) is 10.8. The van der Waals surface area contributed by atoms with E-state index in [2.05, 4.69) is 42.4 Å². The van der Waals surface area contributed by atoms with Gasteiger partial charge in [0.2, 0.25) is 0 Å². The van der Waals surface area contributed by atoms with Crippen LogP contribution in [0.1, 0.15) is 44.7 Å². The molecule has 1 amide bonds. The molecule has 1 aromatic carbocycles. The van der Waals surface area contributed by atoms with E-state index >= 15 is 0 Å². The van der Waals surface area contributed by atoms with Crippen molar-refractivity contribution in [1.82, 2.24) is 4.90 Å². The number of hydrogen-bond acceptors (Lipinski definition) is 4. The standard InChI is InChI=1S/C20H25N2O3.Y/c1-14-13-18(21-25-14)17-7-5-15(6-8-17)16-9-11-22(12-10-16)19(23)24-20(2,3)4;/h5-9,14H,1,10-13H2,2-4H3;/q-1;/t14-;/m1./s1. The van der Waals surface area contributed by atoms with Gasteiger partial charge in [-0.1, -0.05) is 35.5 Å². The minimum Gasteiger partial charge on any atom is -0.444 e. The van der Waals surface area contributed by atoms with Gasteiger partial charge in [0.25, 0.3) is 0 Å². The Kier molecular flexibility index (Phi) is 7.03. The molecule has 6 heteroatoms. The third kappa shape index (κ3) is 5.40. The average Bonchev–Trinajstić information content (AvgIpc) is 3.00. The first-order valence-corrected chi connectivity index (χ1v) is 8.65. The van der Waals surface area contributed by atoms with Crippen LogP contribution in [0.4, 0.5) is 4.79 Å². The Morgan fingerprint density at radius 1 is 1.27 bits per heavy atom. The van der Waals surface area contributed by atoms with E-state index in [0.29, 0.717) is 13.1 Å². The topological polar surface area (TPSA) is 51.1 Å². The molecule has 5 nitrogen and oxygen atoms in total. The smallest absolute Gasteiger partial charge is 0.410 e. The van der Waals surface area contributed by atoms with Gasteiger partial charge in [-0.15, -0.1) is 0 Å². The maximum atomic E-state index is 12.1. The van der Waals surface area contributed by atoms with Gasteiger partial charge in [0, 0.05) is 58.3 Å². The summed E-state index contributed by atoms with van der Waals surface area (Å²) in [4.78, 5) is 19.0. The van der Waals surface area contributed by atoms with Crippen molar-refractivity contribution < 1.29 is 47.1 Å². The van der Waals surface area contributed by atoms with Crippen LogP contribution in [0.5, 0.6) is 0 Å². The van der Waals surface area contributed by atoms with Gasteiger partial charge in [-0.3, -0.25) is 0 Å². The van der Waals surface area contributed by atoms with Crippen LogP contribution in [0.3, 0.4) is 0 Å². The second kappa shape index (κ2) is 8.66. The average molecular weight is 430 g/mol. The number of oxime groups is 1. The molecule has 26 heavy (non-hydrogen) atoms. The molecule has 1 radical (unpaired) electrons. The fourth-order valence-electron chi connectivity index (χ4n) is 2.90. The molecule has 2 heterocycles. The number of carbonyl (C=O) groups excluding carboxylic acids is 1. The summed E-state index contributed by atoms with van der Waals surface area (Å²) in [5.74, 6) is 0. The summed E-state index contributed by atoms with van der Waals surface area (Å²) < 4.78 is 5.43. The van der Waals surface area contributed by atoms with Crippen LogP contribution >= 0.6 is 0 Å². The molecule has 3 rings (SSSR count). The quantitative estimate of drug-likeness (QED) is 0.666. The molecule has 0 aliphatic carbocycles. The summed E-state index contributed by atoms with van der Waals surface area (Å²) in [6, 6.07) is 8.33. The molecule has 0 saturated heterocycles. The number of hydrogen-bond donors (Lipinski definition) is 0. The Morgan fingerprint density at radius 2 is 1.92 bits per heavy atom. The van der Waals surface area contributed by atoms with Crippen molar-refractivity contribution in [3.8, 4) is 0 Å². The zero-order chi connectivity index (χ0) is 18.0. The first-order valence-electron chi connectivity index (χ1n) is 8.65. The maximum absolute atomic E-state index is 12.1. The predicted octanol–water partition coefficient (Wildman–Crippen LogP) is 4.04. The molecule has 0 aromatic heterocycles.